The van der Waals surface area contributed by atoms with Crippen LogP contribution in [0.25, 0.3) is 0 Å². The van der Waals surface area contributed by atoms with E-state index >= 15 is 0 Å². The molecular formula is C12H25Cl2N3OS. The predicted molar refractivity (Wildman–Crippen MR) is 86.6 cm³/mol. The summed E-state index contributed by atoms with van der Waals surface area (Å²) >= 11 is 1.81. The van der Waals surface area contributed by atoms with Gasteiger partial charge < -0.3 is 9.80 Å². The molecule has 0 saturated carbocycles. The molecular weight excluding hydrogens is 305 g/mol. The number of hydrogen-bond acceptors (Lipinski definition) is 4. The average molecular weight is 330 g/mol. The van der Waals surface area contributed by atoms with Gasteiger partial charge in [0.2, 0.25) is 5.91 Å². The first kappa shape index (κ1) is 19.3. The number of carbonyl (C=O) groups excluding carboxylic acids is 1. The van der Waals surface area contributed by atoms with Crippen LogP contribution in [0.5, 0.6) is 0 Å². The number of rotatable bonds is 2. The number of halogens is 2. The third kappa shape index (κ3) is 4.67. The fourth-order valence-electron chi connectivity index (χ4n) is 2.60. The summed E-state index contributed by atoms with van der Waals surface area (Å²) < 4.78 is 0. The number of carbonyl (C=O) groups is 1. The van der Waals surface area contributed by atoms with Crippen molar-refractivity contribution in [2.24, 2.45) is 0 Å². The maximum absolute atomic E-state index is 12.3. The van der Waals surface area contributed by atoms with E-state index < -0.39 is 0 Å². The molecule has 2 aliphatic heterocycles. The lowest BCUT2D eigenvalue weighted by atomic mass is 9.97. The van der Waals surface area contributed by atoms with Crippen LogP contribution in [0.4, 0.5) is 0 Å². The lowest BCUT2D eigenvalue weighted by Crippen LogP contribution is -2.52. The molecule has 0 aliphatic carbocycles. The lowest BCUT2D eigenvalue weighted by Gasteiger charge is -2.40. The summed E-state index contributed by atoms with van der Waals surface area (Å²) in [6.45, 7) is 3.34. The van der Waals surface area contributed by atoms with Gasteiger partial charge in [0.25, 0.3) is 0 Å². The molecule has 2 heterocycles. The largest absolute Gasteiger partial charge is 0.341 e. The van der Waals surface area contributed by atoms with Crippen LogP contribution >= 0.6 is 36.6 Å². The quantitative estimate of drug-likeness (QED) is 0.831. The SMILES string of the molecule is CC1CC(N(C)C(=O)C2CSCN2)CCN1C.Cl.Cl. The molecule has 1 amide bonds. The highest BCUT2D eigenvalue weighted by atomic mass is 35.5. The Labute approximate surface area is 132 Å². The molecule has 2 saturated heterocycles. The highest BCUT2D eigenvalue weighted by molar-refractivity contribution is 7.99. The number of likely N-dealkylation sites (tertiary alicyclic amines) is 1. The van der Waals surface area contributed by atoms with Crippen molar-refractivity contribution in [1.82, 2.24) is 15.1 Å². The second-order valence-electron chi connectivity index (χ2n) is 5.23. The fourth-order valence-corrected chi connectivity index (χ4v) is 3.53. The van der Waals surface area contributed by atoms with Crippen LogP contribution in [0.15, 0.2) is 0 Å². The van der Waals surface area contributed by atoms with Crippen molar-refractivity contribution in [2.75, 3.05) is 32.3 Å². The first-order valence-electron chi connectivity index (χ1n) is 6.37. The highest BCUT2D eigenvalue weighted by Crippen LogP contribution is 2.21. The van der Waals surface area contributed by atoms with E-state index in [1.165, 1.54) is 0 Å². The summed E-state index contributed by atoms with van der Waals surface area (Å²) in [4.78, 5) is 16.6. The summed E-state index contributed by atoms with van der Waals surface area (Å²) in [6, 6.07) is 1.04. The minimum atomic E-state index is 0. The molecule has 0 radical (unpaired) electrons. The summed E-state index contributed by atoms with van der Waals surface area (Å²) in [7, 11) is 4.13. The Balaban J connectivity index is 0.00000162. The van der Waals surface area contributed by atoms with Gasteiger partial charge in [-0.3, -0.25) is 10.1 Å². The Bertz CT molecular complexity index is 290. The Morgan fingerprint density at radius 1 is 1.42 bits per heavy atom. The van der Waals surface area contributed by atoms with Crippen LogP contribution in [0.1, 0.15) is 19.8 Å². The molecule has 114 valence electrons. The molecule has 0 aromatic rings. The molecule has 0 aromatic carbocycles. The fraction of sp³-hybridized carbons (Fsp3) is 0.917. The minimum Gasteiger partial charge on any atom is -0.341 e. The molecule has 19 heavy (non-hydrogen) atoms. The van der Waals surface area contributed by atoms with Gasteiger partial charge in [0, 0.05) is 37.3 Å². The van der Waals surface area contributed by atoms with Crippen molar-refractivity contribution in [2.45, 2.75) is 37.9 Å². The molecule has 7 heteroatoms. The van der Waals surface area contributed by atoms with Crippen molar-refractivity contribution >= 4 is 42.5 Å². The van der Waals surface area contributed by atoms with Crippen LogP contribution in [0, 0.1) is 0 Å². The van der Waals surface area contributed by atoms with Crippen molar-refractivity contribution in [3.05, 3.63) is 0 Å². The zero-order valence-electron chi connectivity index (χ0n) is 11.8. The van der Waals surface area contributed by atoms with Crippen LogP contribution in [-0.2, 0) is 4.79 Å². The Hall–Kier alpha value is 0.320. The standard InChI is InChI=1S/C12H23N3OS.2ClH/c1-9-6-10(4-5-14(9)2)15(3)12(16)11-7-17-8-13-11;;/h9-11,13H,4-8H2,1-3H3;2*1H. The average Bonchev–Trinajstić information content (AvgIpc) is 2.84. The van der Waals surface area contributed by atoms with Gasteiger partial charge in [-0.15, -0.1) is 36.6 Å². The first-order valence-corrected chi connectivity index (χ1v) is 7.53. The van der Waals surface area contributed by atoms with Crippen LogP contribution in [0.2, 0.25) is 0 Å². The number of likely N-dealkylation sites (N-methyl/N-ethyl adjacent to an activating group) is 1. The van der Waals surface area contributed by atoms with Gasteiger partial charge in [0.05, 0.1) is 6.04 Å². The Morgan fingerprint density at radius 2 is 2.11 bits per heavy atom. The normalized spacial score (nSPS) is 31.2. The molecule has 2 rings (SSSR count). The third-order valence-electron chi connectivity index (χ3n) is 4.09. The topological polar surface area (TPSA) is 35.6 Å². The van der Waals surface area contributed by atoms with Crippen molar-refractivity contribution in [1.29, 1.82) is 0 Å². The van der Waals surface area contributed by atoms with Crippen molar-refractivity contribution < 1.29 is 4.79 Å². The van der Waals surface area contributed by atoms with Gasteiger partial charge in [-0.1, -0.05) is 0 Å². The molecule has 2 aliphatic rings. The van der Waals surface area contributed by atoms with Crippen LogP contribution in [0.3, 0.4) is 0 Å². The van der Waals surface area contributed by atoms with E-state index in [4.69, 9.17) is 0 Å². The lowest BCUT2D eigenvalue weighted by molar-refractivity contribution is -0.134. The Kier molecular flexibility index (Phi) is 8.72. The summed E-state index contributed by atoms with van der Waals surface area (Å²) in [5, 5.41) is 3.26. The summed E-state index contributed by atoms with van der Waals surface area (Å²) in [5.74, 6) is 2.11. The number of nitrogens with one attached hydrogen (secondary N) is 1. The van der Waals surface area contributed by atoms with E-state index in [9.17, 15) is 4.79 Å². The number of hydrogen-bond donors (Lipinski definition) is 1. The van der Waals surface area contributed by atoms with Gasteiger partial charge in [0.15, 0.2) is 0 Å². The number of amides is 1. The minimum absolute atomic E-state index is 0. The van der Waals surface area contributed by atoms with E-state index in [-0.39, 0.29) is 36.8 Å². The zero-order chi connectivity index (χ0) is 12.4. The van der Waals surface area contributed by atoms with Gasteiger partial charge in [-0.25, -0.2) is 0 Å². The molecule has 3 atom stereocenters. The maximum atomic E-state index is 12.3. The molecule has 0 bridgehead atoms. The van der Waals surface area contributed by atoms with E-state index in [0.29, 0.717) is 12.1 Å². The molecule has 4 nitrogen and oxygen atoms in total. The van der Waals surface area contributed by atoms with E-state index in [1.54, 1.807) is 0 Å². The van der Waals surface area contributed by atoms with Gasteiger partial charge >= 0.3 is 0 Å². The molecule has 2 fully saturated rings. The smallest absolute Gasteiger partial charge is 0.240 e. The van der Waals surface area contributed by atoms with E-state index in [0.717, 1.165) is 31.0 Å². The van der Waals surface area contributed by atoms with Crippen LogP contribution < -0.4 is 5.32 Å². The molecule has 0 aromatic heterocycles. The zero-order valence-corrected chi connectivity index (χ0v) is 14.2. The van der Waals surface area contributed by atoms with Crippen molar-refractivity contribution in [3.8, 4) is 0 Å². The van der Waals surface area contributed by atoms with E-state index in [1.807, 2.05) is 23.7 Å². The van der Waals surface area contributed by atoms with Crippen LogP contribution in [-0.4, -0.2) is 66.1 Å². The third-order valence-corrected chi connectivity index (χ3v) is 5.03. The van der Waals surface area contributed by atoms with Gasteiger partial charge in [-0.05, 0) is 26.8 Å². The number of thioether (sulfide) groups is 1. The molecule has 0 spiro atoms. The number of piperidine rings is 1. The first-order chi connectivity index (χ1) is 8.09. The number of nitrogens with zero attached hydrogens (tertiary/aromatic N) is 2. The maximum Gasteiger partial charge on any atom is 0.240 e. The predicted octanol–water partition coefficient (Wildman–Crippen LogP) is 1.43. The molecule has 3 unspecified atom stereocenters. The summed E-state index contributed by atoms with van der Waals surface area (Å²) in [5.41, 5.74) is 0. The van der Waals surface area contributed by atoms with Crippen molar-refractivity contribution in [3.63, 3.8) is 0 Å². The monoisotopic (exact) mass is 329 g/mol. The second-order valence-corrected chi connectivity index (χ2v) is 6.26. The van der Waals surface area contributed by atoms with Gasteiger partial charge in [-0.2, -0.15) is 0 Å². The highest BCUT2D eigenvalue weighted by Gasteiger charge is 2.32. The Morgan fingerprint density at radius 3 is 2.63 bits per heavy atom. The van der Waals surface area contributed by atoms with E-state index in [2.05, 4.69) is 24.2 Å². The summed E-state index contributed by atoms with van der Waals surface area (Å²) in [6.07, 6.45) is 2.20. The molecule has 1 N–H and O–H groups in total. The van der Waals surface area contributed by atoms with Gasteiger partial charge in [0.1, 0.15) is 0 Å². The second kappa shape index (κ2) is 8.57.